The molecule has 0 bridgehead atoms. The van der Waals surface area contributed by atoms with Gasteiger partial charge in [-0.2, -0.15) is 0 Å². The van der Waals surface area contributed by atoms with Crippen LogP contribution >= 0.6 is 11.6 Å². The molecule has 0 spiro atoms. The molecule has 0 saturated carbocycles. The molecule has 6 heteroatoms. The van der Waals surface area contributed by atoms with E-state index in [-0.39, 0.29) is 5.82 Å². The molecule has 0 aromatic heterocycles. The zero-order valence-corrected chi connectivity index (χ0v) is 13.9. The third-order valence-electron chi connectivity index (χ3n) is 3.98. The Hall–Kier alpha value is -2.27. The van der Waals surface area contributed by atoms with Gasteiger partial charge in [0.15, 0.2) is 0 Å². The standard InChI is InChI=1S/C18H19ClFN3O/c19-13-5-4-6-14(11-13)21-18(24)22-15-7-8-17(16(20)12-15)23-9-2-1-3-10-23/h4-8,11-12H,1-3,9-10H2,(H2,21,22,24). The highest BCUT2D eigenvalue weighted by Gasteiger charge is 2.15. The van der Waals surface area contributed by atoms with Gasteiger partial charge >= 0.3 is 6.03 Å². The van der Waals surface area contributed by atoms with Gasteiger partial charge < -0.3 is 15.5 Å². The summed E-state index contributed by atoms with van der Waals surface area (Å²) in [5, 5.41) is 5.82. The van der Waals surface area contributed by atoms with Crippen LogP contribution in [0.5, 0.6) is 0 Å². The van der Waals surface area contributed by atoms with Gasteiger partial charge in [-0.3, -0.25) is 0 Å². The van der Waals surface area contributed by atoms with Gasteiger partial charge in [0.1, 0.15) is 5.82 Å². The van der Waals surface area contributed by atoms with Crippen molar-refractivity contribution in [2.75, 3.05) is 28.6 Å². The molecule has 0 unspecified atom stereocenters. The van der Waals surface area contributed by atoms with Gasteiger partial charge in [-0.1, -0.05) is 17.7 Å². The van der Waals surface area contributed by atoms with E-state index < -0.39 is 6.03 Å². The fraction of sp³-hybridized carbons (Fsp3) is 0.278. The summed E-state index contributed by atoms with van der Waals surface area (Å²) < 4.78 is 14.3. The molecule has 1 saturated heterocycles. The number of nitrogens with zero attached hydrogens (tertiary/aromatic N) is 1. The Morgan fingerprint density at radius 3 is 2.38 bits per heavy atom. The van der Waals surface area contributed by atoms with E-state index in [1.54, 1.807) is 36.4 Å². The predicted octanol–water partition coefficient (Wildman–Crippen LogP) is 5.11. The number of piperidine rings is 1. The van der Waals surface area contributed by atoms with Crippen molar-refractivity contribution in [1.82, 2.24) is 0 Å². The summed E-state index contributed by atoms with van der Waals surface area (Å²) in [5.41, 5.74) is 1.58. The topological polar surface area (TPSA) is 44.4 Å². The van der Waals surface area contributed by atoms with Crippen molar-refractivity contribution in [1.29, 1.82) is 0 Å². The largest absolute Gasteiger partial charge is 0.369 e. The van der Waals surface area contributed by atoms with Crippen LogP contribution in [-0.2, 0) is 0 Å². The van der Waals surface area contributed by atoms with Crippen LogP contribution in [-0.4, -0.2) is 19.1 Å². The first-order chi connectivity index (χ1) is 11.6. The van der Waals surface area contributed by atoms with Crippen LogP contribution in [0.4, 0.5) is 26.2 Å². The monoisotopic (exact) mass is 347 g/mol. The van der Waals surface area contributed by atoms with Gasteiger partial charge in [0.2, 0.25) is 0 Å². The molecule has 2 amide bonds. The fourth-order valence-electron chi connectivity index (χ4n) is 2.84. The molecule has 0 radical (unpaired) electrons. The van der Waals surface area contributed by atoms with Crippen molar-refractivity contribution < 1.29 is 9.18 Å². The number of nitrogens with one attached hydrogen (secondary N) is 2. The molecule has 1 aliphatic rings. The third-order valence-corrected chi connectivity index (χ3v) is 4.22. The molecular weight excluding hydrogens is 329 g/mol. The van der Waals surface area contributed by atoms with Crippen LogP contribution in [0.25, 0.3) is 0 Å². The lowest BCUT2D eigenvalue weighted by Gasteiger charge is -2.29. The average molecular weight is 348 g/mol. The number of halogens is 2. The molecule has 24 heavy (non-hydrogen) atoms. The van der Waals surface area contributed by atoms with Crippen LogP contribution in [0, 0.1) is 5.82 Å². The SMILES string of the molecule is O=C(Nc1cccc(Cl)c1)Nc1ccc(N2CCCCC2)c(F)c1. The normalized spacial score (nSPS) is 14.3. The minimum atomic E-state index is -0.442. The van der Waals surface area contributed by atoms with E-state index >= 15 is 0 Å². The number of hydrogen-bond acceptors (Lipinski definition) is 2. The first-order valence-electron chi connectivity index (χ1n) is 8.00. The highest BCUT2D eigenvalue weighted by molar-refractivity contribution is 6.30. The van der Waals surface area contributed by atoms with E-state index in [1.807, 2.05) is 0 Å². The Balaban J connectivity index is 1.64. The second-order valence-corrected chi connectivity index (χ2v) is 6.24. The van der Waals surface area contributed by atoms with Crippen molar-refractivity contribution in [3.8, 4) is 0 Å². The number of carbonyl (C=O) groups is 1. The van der Waals surface area contributed by atoms with Crippen LogP contribution in [0.3, 0.4) is 0 Å². The molecule has 1 aliphatic heterocycles. The molecule has 4 nitrogen and oxygen atoms in total. The Morgan fingerprint density at radius 2 is 1.71 bits per heavy atom. The van der Waals surface area contributed by atoms with E-state index in [0.717, 1.165) is 25.9 Å². The average Bonchev–Trinajstić information content (AvgIpc) is 2.55. The number of rotatable bonds is 3. The van der Waals surface area contributed by atoms with Crippen molar-refractivity contribution in [2.45, 2.75) is 19.3 Å². The fourth-order valence-corrected chi connectivity index (χ4v) is 3.03. The lowest BCUT2D eigenvalue weighted by molar-refractivity contribution is 0.262. The Morgan fingerprint density at radius 1 is 1.00 bits per heavy atom. The smallest absolute Gasteiger partial charge is 0.323 e. The summed E-state index contributed by atoms with van der Waals surface area (Å²) >= 11 is 5.87. The highest BCUT2D eigenvalue weighted by atomic mass is 35.5. The van der Waals surface area contributed by atoms with E-state index in [0.29, 0.717) is 22.1 Å². The van der Waals surface area contributed by atoms with E-state index in [2.05, 4.69) is 15.5 Å². The van der Waals surface area contributed by atoms with Gasteiger partial charge in [0.25, 0.3) is 0 Å². The van der Waals surface area contributed by atoms with Crippen LogP contribution in [0.1, 0.15) is 19.3 Å². The molecule has 0 atom stereocenters. The van der Waals surface area contributed by atoms with Gasteiger partial charge in [-0.05, 0) is 55.7 Å². The summed E-state index contributed by atoms with van der Waals surface area (Å²) in [6.07, 6.45) is 3.37. The molecule has 1 heterocycles. The lowest BCUT2D eigenvalue weighted by atomic mass is 10.1. The van der Waals surface area contributed by atoms with Crippen LogP contribution < -0.4 is 15.5 Å². The molecule has 0 aliphatic carbocycles. The van der Waals surface area contributed by atoms with Gasteiger partial charge in [0, 0.05) is 29.5 Å². The molecular formula is C18H19ClFN3O. The van der Waals surface area contributed by atoms with Crippen LogP contribution in [0.15, 0.2) is 42.5 Å². The minimum Gasteiger partial charge on any atom is -0.369 e. The minimum absolute atomic E-state index is 0.322. The molecule has 126 valence electrons. The quantitative estimate of drug-likeness (QED) is 0.810. The van der Waals surface area contributed by atoms with E-state index in [1.165, 1.54) is 12.5 Å². The van der Waals surface area contributed by atoms with Gasteiger partial charge in [-0.15, -0.1) is 0 Å². The summed E-state index contributed by atoms with van der Waals surface area (Å²) in [7, 11) is 0. The van der Waals surface area contributed by atoms with Gasteiger partial charge in [0.05, 0.1) is 5.69 Å². The Labute approximate surface area is 145 Å². The summed E-state index contributed by atoms with van der Waals surface area (Å²) in [6, 6.07) is 11.2. The molecule has 3 rings (SSSR count). The first kappa shape index (κ1) is 16.6. The number of urea groups is 1. The molecule has 2 aromatic carbocycles. The number of hydrogen-bond donors (Lipinski definition) is 2. The summed E-state index contributed by atoms with van der Waals surface area (Å²) in [5.74, 6) is -0.322. The maximum atomic E-state index is 14.3. The predicted molar refractivity (Wildman–Crippen MR) is 96.6 cm³/mol. The number of carbonyl (C=O) groups excluding carboxylic acids is 1. The zero-order valence-electron chi connectivity index (χ0n) is 13.2. The highest BCUT2D eigenvalue weighted by Crippen LogP contribution is 2.26. The maximum absolute atomic E-state index is 14.3. The van der Waals surface area contributed by atoms with E-state index in [4.69, 9.17) is 11.6 Å². The van der Waals surface area contributed by atoms with Crippen molar-refractivity contribution in [3.05, 3.63) is 53.3 Å². The summed E-state index contributed by atoms with van der Waals surface area (Å²) in [6.45, 7) is 1.75. The van der Waals surface area contributed by atoms with E-state index in [9.17, 15) is 9.18 Å². The zero-order chi connectivity index (χ0) is 16.9. The Kier molecular flexibility index (Phi) is 5.20. The maximum Gasteiger partial charge on any atom is 0.323 e. The number of anilines is 3. The number of amides is 2. The van der Waals surface area contributed by atoms with Crippen molar-refractivity contribution in [3.63, 3.8) is 0 Å². The second kappa shape index (κ2) is 7.53. The second-order valence-electron chi connectivity index (χ2n) is 5.80. The third kappa shape index (κ3) is 4.17. The molecule has 2 aromatic rings. The van der Waals surface area contributed by atoms with Gasteiger partial charge in [-0.25, -0.2) is 9.18 Å². The Bertz CT molecular complexity index is 732. The molecule has 2 N–H and O–H groups in total. The van der Waals surface area contributed by atoms with Crippen molar-refractivity contribution >= 4 is 34.7 Å². The molecule has 1 fully saturated rings. The lowest BCUT2D eigenvalue weighted by Crippen LogP contribution is -2.30. The first-order valence-corrected chi connectivity index (χ1v) is 8.38. The van der Waals surface area contributed by atoms with Crippen LogP contribution in [0.2, 0.25) is 5.02 Å². The van der Waals surface area contributed by atoms with Crippen molar-refractivity contribution in [2.24, 2.45) is 0 Å². The number of benzene rings is 2. The summed E-state index contributed by atoms with van der Waals surface area (Å²) in [4.78, 5) is 14.0.